The maximum Gasteiger partial charge on any atom is 0.226 e. The van der Waals surface area contributed by atoms with E-state index in [0.717, 1.165) is 43.0 Å². The number of anilines is 1. The van der Waals surface area contributed by atoms with Crippen LogP contribution in [0.3, 0.4) is 0 Å². The van der Waals surface area contributed by atoms with Crippen LogP contribution >= 0.6 is 27.3 Å². The van der Waals surface area contributed by atoms with Crippen LogP contribution in [0.2, 0.25) is 0 Å². The van der Waals surface area contributed by atoms with Gasteiger partial charge in [0.1, 0.15) is 17.3 Å². The Morgan fingerprint density at radius 3 is 2.91 bits per heavy atom. The molecule has 0 spiro atoms. The molecule has 0 bridgehead atoms. The molecule has 2 aromatic carbocycles. The fourth-order valence-corrected chi connectivity index (χ4v) is 5.50. The van der Waals surface area contributed by atoms with Crippen LogP contribution in [0.15, 0.2) is 40.9 Å². The summed E-state index contributed by atoms with van der Waals surface area (Å²) in [5.74, 6) is 1.98. The molecule has 32 heavy (non-hydrogen) atoms. The highest BCUT2D eigenvalue weighted by Gasteiger charge is 2.34. The van der Waals surface area contributed by atoms with Crippen LogP contribution < -0.4 is 14.8 Å². The molecule has 0 unspecified atom stereocenters. The van der Waals surface area contributed by atoms with E-state index in [1.54, 1.807) is 11.8 Å². The predicted molar refractivity (Wildman–Crippen MR) is 128 cm³/mol. The van der Waals surface area contributed by atoms with Crippen molar-refractivity contribution < 1.29 is 14.3 Å². The molecule has 2 aromatic heterocycles. The Hall–Kier alpha value is -2.91. The highest BCUT2D eigenvalue weighted by Crippen LogP contribution is 2.44. The first-order valence-corrected chi connectivity index (χ1v) is 11.9. The number of carbonyl (C=O) groups excluding carboxylic acids is 1. The Balaban J connectivity index is 1.64. The van der Waals surface area contributed by atoms with E-state index in [-0.39, 0.29) is 11.8 Å². The van der Waals surface area contributed by atoms with Crippen LogP contribution in [0, 0.1) is 6.92 Å². The van der Waals surface area contributed by atoms with Crippen molar-refractivity contribution in [1.82, 2.24) is 14.8 Å². The second-order valence-electron chi connectivity index (χ2n) is 7.51. The van der Waals surface area contributed by atoms with Gasteiger partial charge in [-0.3, -0.25) is 4.79 Å². The smallest absolute Gasteiger partial charge is 0.226 e. The normalized spacial score (nSPS) is 15.5. The third-order valence-electron chi connectivity index (χ3n) is 5.51. The van der Waals surface area contributed by atoms with Gasteiger partial charge >= 0.3 is 0 Å². The van der Waals surface area contributed by atoms with Gasteiger partial charge in [0.25, 0.3) is 0 Å². The van der Waals surface area contributed by atoms with Gasteiger partial charge < -0.3 is 14.8 Å². The third kappa shape index (κ3) is 3.55. The molecule has 0 aliphatic carbocycles. The Morgan fingerprint density at radius 1 is 1.28 bits per heavy atom. The number of thiazole rings is 1. The Kier molecular flexibility index (Phi) is 5.38. The number of methoxy groups -OCH3 is 1. The highest BCUT2D eigenvalue weighted by atomic mass is 79.9. The van der Waals surface area contributed by atoms with E-state index in [1.165, 1.54) is 11.3 Å². The zero-order chi connectivity index (χ0) is 22.4. The first-order valence-electron chi connectivity index (χ1n) is 10.2. The minimum atomic E-state index is -0.168. The monoisotopic (exact) mass is 512 g/mol. The van der Waals surface area contributed by atoms with Crippen LogP contribution in [-0.4, -0.2) is 34.4 Å². The third-order valence-corrected chi connectivity index (χ3v) is 7.00. The molecule has 1 atom stereocenters. The first kappa shape index (κ1) is 21.0. The lowest BCUT2D eigenvalue weighted by atomic mass is 9.85. The quantitative estimate of drug-likeness (QED) is 0.385. The lowest BCUT2D eigenvalue weighted by Crippen LogP contribution is -2.25. The molecule has 1 aliphatic heterocycles. The van der Waals surface area contributed by atoms with Crippen LogP contribution in [-0.2, 0) is 4.79 Å². The number of nitrogens with zero attached hydrogens (tertiary/aromatic N) is 3. The van der Waals surface area contributed by atoms with Crippen molar-refractivity contribution in [3.8, 4) is 16.6 Å². The molecular weight excluding hydrogens is 492 g/mol. The predicted octanol–water partition coefficient (Wildman–Crippen LogP) is 5.43. The number of aryl methyl sites for hydroxylation is 1. The summed E-state index contributed by atoms with van der Waals surface area (Å²) in [5, 5.41) is 8.49. The molecule has 9 heteroatoms. The number of halogens is 1. The van der Waals surface area contributed by atoms with Crippen molar-refractivity contribution in [3.05, 3.63) is 57.7 Å². The molecule has 4 aromatic rings. The largest absolute Gasteiger partial charge is 0.496 e. The van der Waals surface area contributed by atoms with Gasteiger partial charge in [0.15, 0.2) is 0 Å². The number of amides is 1. The molecule has 0 fully saturated rings. The average Bonchev–Trinajstić information content (AvgIpc) is 3.34. The number of nitrogens with one attached hydrogen (secondary N) is 1. The lowest BCUT2D eigenvalue weighted by molar-refractivity contribution is -0.116. The fraction of sp³-hybridized carbons (Fsp3) is 0.261. The average molecular weight is 513 g/mol. The van der Waals surface area contributed by atoms with E-state index in [2.05, 4.69) is 21.2 Å². The molecule has 0 radical (unpaired) electrons. The van der Waals surface area contributed by atoms with Gasteiger partial charge in [0.2, 0.25) is 11.0 Å². The summed E-state index contributed by atoms with van der Waals surface area (Å²) in [6.07, 6.45) is 0.323. The fourth-order valence-electron chi connectivity index (χ4n) is 4.17. The van der Waals surface area contributed by atoms with Gasteiger partial charge in [0, 0.05) is 27.9 Å². The summed E-state index contributed by atoms with van der Waals surface area (Å²) in [7, 11) is 1.64. The van der Waals surface area contributed by atoms with Crippen molar-refractivity contribution in [3.63, 3.8) is 0 Å². The molecule has 7 nitrogen and oxygen atoms in total. The molecular formula is C23H21BrN4O3S. The zero-order valence-electron chi connectivity index (χ0n) is 17.8. The van der Waals surface area contributed by atoms with Gasteiger partial charge in [-0.25, -0.2) is 4.98 Å². The van der Waals surface area contributed by atoms with E-state index < -0.39 is 0 Å². The van der Waals surface area contributed by atoms with E-state index in [1.807, 2.05) is 50.2 Å². The van der Waals surface area contributed by atoms with Gasteiger partial charge in [-0.05, 0) is 50.2 Å². The molecule has 0 saturated heterocycles. The van der Waals surface area contributed by atoms with Crippen LogP contribution in [0.1, 0.15) is 36.1 Å². The number of fused-ring (bicyclic) bond motifs is 2. The number of rotatable bonds is 5. The molecule has 0 saturated carbocycles. The first-order chi connectivity index (χ1) is 15.5. The number of hydrogen-bond donors (Lipinski definition) is 1. The molecule has 3 heterocycles. The second-order valence-corrected chi connectivity index (χ2v) is 9.43. The molecule has 5 rings (SSSR count). The number of benzene rings is 2. The van der Waals surface area contributed by atoms with Gasteiger partial charge in [-0.15, -0.1) is 0 Å². The molecule has 1 amide bonds. The summed E-state index contributed by atoms with van der Waals surface area (Å²) >= 11 is 5.06. The Morgan fingerprint density at radius 2 is 2.12 bits per heavy atom. The van der Waals surface area contributed by atoms with Crippen molar-refractivity contribution in [2.75, 3.05) is 19.0 Å². The maximum absolute atomic E-state index is 12.7. The summed E-state index contributed by atoms with van der Waals surface area (Å²) in [5.41, 5.74) is 3.64. The summed E-state index contributed by atoms with van der Waals surface area (Å²) < 4.78 is 14.9. The van der Waals surface area contributed by atoms with Crippen molar-refractivity contribution in [2.45, 2.75) is 26.2 Å². The minimum absolute atomic E-state index is 0.0644. The second kappa shape index (κ2) is 8.22. The van der Waals surface area contributed by atoms with Crippen molar-refractivity contribution in [1.29, 1.82) is 0 Å². The summed E-state index contributed by atoms with van der Waals surface area (Å²) in [6.45, 7) is 4.53. The van der Waals surface area contributed by atoms with Crippen LogP contribution in [0.5, 0.6) is 11.5 Å². The number of ether oxygens (including phenoxy) is 2. The van der Waals surface area contributed by atoms with Gasteiger partial charge in [-0.2, -0.15) is 9.78 Å². The number of carbonyl (C=O) groups is 1. The molecule has 1 N–H and O–H groups in total. The standard InChI is InChI=1S/C23H21BrN4O3S/c1-4-31-14-6-7-17-19(10-14)32-23(25-17)28-22-21(12(2)27-28)16(11-20(29)26-22)15-9-13(24)5-8-18(15)30-3/h5-10,16H,4,11H2,1-3H3,(H,26,29)/t16-/m1/s1. The zero-order valence-corrected chi connectivity index (χ0v) is 20.2. The van der Waals surface area contributed by atoms with Crippen LogP contribution in [0.25, 0.3) is 15.3 Å². The topological polar surface area (TPSA) is 78.3 Å². The highest BCUT2D eigenvalue weighted by molar-refractivity contribution is 9.10. The van der Waals surface area contributed by atoms with Gasteiger partial charge in [-0.1, -0.05) is 27.3 Å². The SMILES string of the molecule is CCOc1ccc2nc(-n3nc(C)c4c3NC(=O)C[C@@H]4c3cc(Br)ccc3OC)sc2c1. The number of aromatic nitrogens is 3. The Bertz CT molecular complexity index is 1350. The lowest BCUT2D eigenvalue weighted by Gasteiger charge is -2.25. The van der Waals surface area contributed by atoms with E-state index in [0.29, 0.717) is 24.0 Å². The van der Waals surface area contributed by atoms with Crippen molar-refractivity contribution in [2.24, 2.45) is 0 Å². The summed E-state index contributed by atoms with van der Waals surface area (Å²) in [4.78, 5) is 17.5. The molecule has 1 aliphatic rings. The summed E-state index contributed by atoms with van der Waals surface area (Å²) in [6, 6.07) is 11.7. The van der Waals surface area contributed by atoms with E-state index in [4.69, 9.17) is 19.6 Å². The van der Waals surface area contributed by atoms with E-state index >= 15 is 0 Å². The molecule has 164 valence electrons. The Labute approximate surface area is 197 Å². The number of hydrogen-bond acceptors (Lipinski definition) is 6. The minimum Gasteiger partial charge on any atom is -0.496 e. The van der Waals surface area contributed by atoms with Crippen LogP contribution in [0.4, 0.5) is 5.82 Å². The van der Waals surface area contributed by atoms with E-state index in [9.17, 15) is 4.79 Å². The maximum atomic E-state index is 12.7. The van der Waals surface area contributed by atoms with Crippen molar-refractivity contribution >= 4 is 49.2 Å². The van der Waals surface area contributed by atoms with Gasteiger partial charge in [0.05, 0.1) is 29.6 Å².